The Labute approximate surface area is 91.4 Å². The number of halogens is 1. The number of benzene rings is 1. The predicted molar refractivity (Wildman–Crippen MR) is 57.6 cm³/mol. The van der Waals surface area contributed by atoms with Gasteiger partial charge < -0.3 is 4.74 Å². The zero-order chi connectivity index (χ0) is 10.7. The van der Waals surface area contributed by atoms with Gasteiger partial charge in [0.2, 0.25) is 0 Å². The molecule has 0 N–H and O–H groups in total. The van der Waals surface area contributed by atoms with Crippen LogP contribution in [0.15, 0.2) is 29.6 Å². The smallest absolute Gasteiger partial charge is 0.165 e. The minimum absolute atomic E-state index is 0.269. The molecule has 0 aliphatic carbocycles. The Morgan fingerprint density at radius 1 is 1.40 bits per heavy atom. The highest BCUT2D eigenvalue weighted by Gasteiger charge is 2.03. The van der Waals surface area contributed by atoms with Crippen LogP contribution in [0.4, 0.5) is 4.39 Å². The molecule has 0 radical (unpaired) electrons. The van der Waals surface area contributed by atoms with E-state index in [4.69, 9.17) is 4.74 Å². The van der Waals surface area contributed by atoms with E-state index in [1.54, 1.807) is 18.2 Å². The second-order valence-corrected chi connectivity index (χ2v) is 4.04. The lowest BCUT2D eigenvalue weighted by molar-refractivity contribution is 0.289. The topological polar surface area (TPSA) is 22.1 Å². The van der Waals surface area contributed by atoms with E-state index < -0.39 is 0 Å². The van der Waals surface area contributed by atoms with Crippen LogP contribution in [0.25, 0.3) is 0 Å². The van der Waals surface area contributed by atoms with Crippen LogP contribution in [-0.4, -0.2) is 4.98 Å². The lowest BCUT2D eigenvalue weighted by Crippen LogP contribution is -1.96. The summed E-state index contributed by atoms with van der Waals surface area (Å²) in [6.45, 7) is 2.24. The molecule has 78 valence electrons. The summed E-state index contributed by atoms with van der Waals surface area (Å²) in [6.07, 6.45) is 0. The SMILES string of the molecule is Cc1csc(COc2ccccc2F)n1. The average Bonchev–Trinajstić information content (AvgIpc) is 2.63. The van der Waals surface area contributed by atoms with Gasteiger partial charge in [0.05, 0.1) is 0 Å². The van der Waals surface area contributed by atoms with Crippen LogP contribution < -0.4 is 4.74 Å². The van der Waals surface area contributed by atoms with Crippen molar-refractivity contribution in [2.75, 3.05) is 0 Å². The summed E-state index contributed by atoms with van der Waals surface area (Å²) in [5.41, 5.74) is 0.965. The third-order valence-corrected chi connectivity index (χ3v) is 2.79. The highest BCUT2D eigenvalue weighted by molar-refractivity contribution is 7.09. The number of para-hydroxylation sites is 1. The number of aromatic nitrogens is 1. The van der Waals surface area contributed by atoms with Gasteiger partial charge in [-0.1, -0.05) is 12.1 Å². The number of rotatable bonds is 3. The minimum atomic E-state index is -0.342. The van der Waals surface area contributed by atoms with Crippen LogP contribution in [0.5, 0.6) is 5.75 Å². The fraction of sp³-hybridized carbons (Fsp3) is 0.182. The van der Waals surface area contributed by atoms with Crippen LogP contribution in [0.3, 0.4) is 0 Å². The van der Waals surface area contributed by atoms with E-state index in [2.05, 4.69) is 4.98 Å². The molecule has 0 atom stereocenters. The lowest BCUT2D eigenvalue weighted by Gasteiger charge is -2.04. The van der Waals surface area contributed by atoms with Crippen LogP contribution in [0, 0.1) is 12.7 Å². The van der Waals surface area contributed by atoms with Gasteiger partial charge in [-0.15, -0.1) is 11.3 Å². The maximum Gasteiger partial charge on any atom is 0.165 e. The highest BCUT2D eigenvalue weighted by Crippen LogP contribution is 2.18. The Balaban J connectivity index is 2.02. The molecule has 2 rings (SSSR count). The van der Waals surface area contributed by atoms with Crippen molar-refractivity contribution in [2.24, 2.45) is 0 Å². The van der Waals surface area contributed by atoms with Crippen molar-refractivity contribution >= 4 is 11.3 Å². The Morgan fingerprint density at radius 2 is 2.20 bits per heavy atom. The first-order chi connectivity index (χ1) is 7.25. The molecule has 4 heteroatoms. The predicted octanol–water partition coefficient (Wildman–Crippen LogP) is 3.17. The first-order valence-corrected chi connectivity index (χ1v) is 5.42. The Hall–Kier alpha value is -1.42. The van der Waals surface area contributed by atoms with Gasteiger partial charge in [0.15, 0.2) is 11.6 Å². The number of hydrogen-bond donors (Lipinski definition) is 0. The van der Waals surface area contributed by atoms with E-state index in [-0.39, 0.29) is 11.6 Å². The summed E-state index contributed by atoms with van der Waals surface area (Å²) in [7, 11) is 0. The van der Waals surface area contributed by atoms with Crippen molar-refractivity contribution in [2.45, 2.75) is 13.5 Å². The average molecular weight is 223 g/mol. The van der Waals surface area contributed by atoms with Crippen molar-refractivity contribution in [3.05, 3.63) is 46.2 Å². The molecule has 0 saturated heterocycles. The van der Waals surface area contributed by atoms with Gasteiger partial charge in [-0.25, -0.2) is 9.37 Å². The van der Waals surface area contributed by atoms with Gasteiger partial charge >= 0.3 is 0 Å². The van der Waals surface area contributed by atoms with Crippen LogP contribution >= 0.6 is 11.3 Å². The summed E-state index contributed by atoms with van der Waals surface area (Å²) in [5.74, 6) is -0.0730. The summed E-state index contributed by atoms with van der Waals surface area (Å²) in [6, 6.07) is 6.36. The van der Waals surface area contributed by atoms with Gasteiger partial charge in [-0.3, -0.25) is 0 Å². The van der Waals surface area contributed by atoms with Crippen molar-refractivity contribution in [3.63, 3.8) is 0 Å². The van der Waals surface area contributed by atoms with Gasteiger partial charge in [-0.2, -0.15) is 0 Å². The summed E-state index contributed by atoms with van der Waals surface area (Å²) >= 11 is 1.52. The summed E-state index contributed by atoms with van der Waals surface area (Å²) in [5, 5.41) is 2.80. The molecule has 0 aliphatic heterocycles. The Morgan fingerprint density at radius 3 is 2.87 bits per heavy atom. The zero-order valence-electron chi connectivity index (χ0n) is 8.24. The standard InChI is InChI=1S/C11H10FNOS/c1-8-7-15-11(13-8)6-14-10-5-3-2-4-9(10)12/h2-5,7H,6H2,1H3. The maximum atomic E-state index is 13.2. The lowest BCUT2D eigenvalue weighted by atomic mass is 10.3. The number of aryl methyl sites for hydroxylation is 1. The molecule has 0 amide bonds. The van der Waals surface area contributed by atoms with E-state index in [9.17, 15) is 4.39 Å². The molecule has 0 bridgehead atoms. The zero-order valence-corrected chi connectivity index (χ0v) is 9.05. The molecule has 1 aromatic heterocycles. The van der Waals surface area contributed by atoms with E-state index in [1.807, 2.05) is 12.3 Å². The number of thiazole rings is 1. The molecule has 1 aromatic carbocycles. The van der Waals surface area contributed by atoms with Crippen molar-refractivity contribution in [1.29, 1.82) is 0 Å². The molecule has 0 unspecified atom stereocenters. The summed E-state index contributed by atoms with van der Waals surface area (Å²) in [4.78, 5) is 4.23. The molecule has 0 aliphatic rings. The third-order valence-electron chi connectivity index (χ3n) is 1.85. The van der Waals surface area contributed by atoms with Gasteiger partial charge in [-0.05, 0) is 19.1 Å². The molecule has 0 fully saturated rings. The number of nitrogens with zero attached hydrogens (tertiary/aromatic N) is 1. The maximum absolute atomic E-state index is 13.2. The monoisotopic (exact) mass is 223 g/mol. The Bertz CT molecular complexity index is 455. The third kappa shape index (κ3) is 2.53. The number of ether oxygens (including phenoxy) is 1. The van der Waals surface area contributed by atoms with E-state index in [0.29, 0.717) is 6.61 Å². The van der Waals surface area contributed by atoms with Crippen LogP contribution in [0.1, 0.15) is 10.7 Å². The van der Waals surface area contributed by atoms with Crippen molar-refractivity contribution in [3.8, 4) is 5.75 Å². The molecule has 0 saturated carbocycles. The van der Waals surface area contributed by atoms with Crippen molar-refractivity contribution in [1.82, 2.24) is 4.98 Å². The molecular formula is C11H10FNOS. The molecule has 15 heavy (non-hydrogen) atoms. The fourth-order valence-electron chi connectivity index (χ4n) is 1.17. The summed E-state index contributed by atoms with van der Waals surface area (Å²) < 4.78 is 18.5. The largest absolute Gasteiger partial charge is 0.483 e. The van der Waals surface area contributed by atoms with Crippen LogP contribution in [-0.2, 0) is 6.61 Å². The van der Waals surface area contributed by atoms with Gasteiger partial charge in [0, 0.05) is 11.1 Å². The van der Waals surface area contributed by atoms with Gasteiger partial charge in [0.1, 0.15) is 11.6 Å². The molecule has 0 spiro atoms. The van der Waals surface area contributed by atoms with Gasteiger partial charge in [0.25, 0.3) is 0 Å². The minimum Gasteiger partial charge on any atom is -0.483 e. The Kier molecular flexibility index (Phi) is 2.97. The first kappa shape index (κ1) is 10.1. The second-order valence-electron chi connectivity index (χ2n) is 3.10. The molecular weight excluding hydrogens is 213 g/mol. The van der Waals surface area contributed by atoms with E-state index in [0.717, 1.165) is 10.7 Å². The molecule has 2 aromatic rings. The van der Waals surface area contributed by atoms with E-state index >= 15 is 0 Å². The second kappa shape index (κ2) is 4.40. The molecule has 2 nitrogen and oxygen atoms in total. The van der Waals surface area contributed by atoms with E-state index in [1.165, 1.54) is 17.4 Å². The quantitative estimate of drug-likeness (QED) is 0.797. The fourth-order valence-corrected chi connectivity index (χ4v) is 1.85. The molecule has 1 heterocycles. The first-order valence-electron chi connectivity index (χ1n) is 4.54. The normalized spacial score (nSPS) is 10.3. The number of hydrogen-bond acceptors (Lipinski definition) is 3. The van der Waals surface area contributed by atoms with Crippen molar-refractivity contribution < 1.29 is 9.13 Å². The highest BCUT2D eigenvalue weighted by atomic mass is 32.1. The van der Waals surface area contributed by atoms with Crippen LogP contribution in [0.2, 0.25) is 0 Å².